The molecule has 3 nitrogen and oxygen atoms in total. The van der Waals surface area contributed by atoms with Gasteiger partial charge in [0.2, 0.25) is 0 Å². The van der Waals surface area contributed by atoms with E-state index in [0.29, 0.717) is 0 Å². The van der Waals surface area contributed by atoms with Gasteiger partial charge in [0.25, 0.3) is 0 Å². The Morgan fingerprint density at radius 2 is 1.87 bits per heavy atom. The van der Waals surface area contributed by atoms with E-state index >= 15 is 0 Å². The Bertz CT molecular complexity index is 891. The number of rotatable bonds is 12. The summed E-state index contributed by atoms with van der Waals surface area (Å²) in [5, 5.41) is 3.42. The van der Waals surface area contributed by atoms with Gasteiger partial charge in [0.15, 0.2) is 0 Å². The Morgan fingerprint density at radius 3 is 2.52 bits per heavy atom. The highest BCUT2D eigenvalue weighted by Crippen LogP contribution is 2.16. The summed E-state index contributed by atoms with van der Waals surface area (Å²) in [5.41, 5.74) is 14.8. The predicted molar refractivity (Wildman–Crippen MR) is 134 cm³/mol. The standard InChI is InChI=1S/C28H39N3/c1-6-8-9-10-27(29)26(22(4)7-2)20-30-18-25-17-23(5)28(31-19-25)16-15-24-13-11-21(3)12-14-24/h9-14,17,19-20,27,30H,4,6-8,15-16,18,29H2,1-3,5H3/b10-9-,26-20-. The average molecular weight is 418 g/mol. The van der Waals surface area contributed by atoms with Crippen molar-refractivity contribution < 1.29 is 0 Å². The van der Waals surface area contributed by atoms with Crippen molar-refractivity contribution in [2.45, 2.75) is 72.4 Å². The van der Waals surface area contributed by atoms with Crippen LogP contribution in [0.4, 0.5) is 0 Å². The van der Waals surface area contributed by atoms with E-state index in [4.69, 9.17) is 10.7 Å². The molecular formula is C28H39N3. The van der Waals surface area contributed by atoms with E-state index in [1.54, 1.807) is 0 Å². The maximum absolute atomic E-state index is 6.38. The lowest BCUT2D eigenvalue weighted by Gasteiger charge is -2.15. The minimum Gasteiger partial charge on any atom is -0.386 e. The second-order valence-electron chi connectivity index (χ2n) is 8.27. The zero-order valence-corrected chi connectivity index (χ0v) is 19.7. The lowest BCUT2D eigenvalue weighted by atomic mass is 9.98. The molecule has 0 aliphatic heterocycles. The molecule has 0 aliphatic carbocycles. The van der Waals surface area contributed by atoms with E-state index in [9.17, 15) is 0 Å². The third-order valence-electron chi connectivity index (χ3n) is 5.57. The van der Waals surface area contributed by atoms with Gasteiger partial charge in [-0.2, -0.15) is 0 Å². The number of hydrogen-bond acceptors (Lipinski definition) is 3. The molecular weight excluding hydrogens is 378 g/mol. The molecule has 1 unspecified atom stereocenters. The number of aryl methyl sites for hydroxylation is 4. The van der Waals surface area contributed by atoms with E-state index < -0.39 is 0 Å². The highest BCUT2D eigenvalue weighted by Gasteiger charge is 2.09. The van der Waals surface area contributed by atoms with Gasteiger partial charge in [0.05, 0.1) is 0 Å². The van der Waals surface area contributed by atoms with Crippen LogP contribution in [0.5, 0.6) is 0 Å². The summed E-state index contributed by atoms with van der Waals surface area (Å²) in [6.07, 6.45) is 13.3. The second kappa shape index (κ2) is 12.9. The number of nitrogens with two attached hydrogens (primary N) is 1. The normalized spacial score (nSPS) is 12.9. The third-order valence-corrected chi connectivity index (χ3v) is 5.57. The maximum atomic E-state index is 6.38. The number of allylic oxidation sites excluding steroid dienone is 1. The lowest BCUT2D eigenvalue weighted by molar-refractivity contribution is 0.817. The molecule has 0 bridgehead atoms. The van der Waals surface area contributed by atoms with Gasteiger partial charge in [-0.15, -0.1) is 0 Å². The molecule has 0 aliphatic rings. The molecule has 1 heterocycles. The summed E-state index contributed by atoms with van der Waals surface area (Å²) >= 11 is 0. The largest absolute Gasteiger partial charge is 0.386 e. The minimum absolute atomic E-state index is 0.129. The van der Waals surface area contributed by atoms with Crippen LogP contribution >= 0.6 is 0 Å². The molecule has 1 atom stereocenters. The van der Waals surface area contributed by atoms with Crippen LogP contribution < -0.4 is 11.1 Å². The first-order chi connectivity index (χ1) is 14.9. The Kier molecular flexibility index (Phi) is 10.3. The summed E-state index contributed by atoms with van der Waals surface area (Å²) in [6, 6.07) is 10.9. The van der Waals surface area contributed by atoms with Gasteiger partial charge >= 0.3 is 0 Å². The number of nitrogens with one attached hydrogen (secondary N) is 1. The highest BCUT2D eigenvalue weighted by atomic mass is 14.8. The smallest absolute Gasteiger partial charge is 0.0498 e. The number of benzene rings is 1. The van der Waals surface area contributed by atoms with Crippen molar-refractivity contribution in [2.75, 3.05) is 0 Å². The zero-order valence-electron chi connectivity index (χ0n) is 19.7. The molecule has 2 aromatic rings. The molecule has 0 saturated carbocycles. The van der Waals surface area contributed by atoms with Crippen molar-refractivity contribution in [3.8, 4) is 0 Å². The first kappa shape index (κ1) is 24.6. The van der Waals surface area contributed by atoms with Crippen LogP contribution in [-0.4, -0.2) is 11.0 Å². The Hall–Kier alpha value is -2.65. The average Bonchev–Trinajstić information content (AvgIpc) is 2.77. The van der Waals surface area contributed by atoms with Gasteiger partial charge in [-0.25, -0.2) is 0 Å². The van der Waals surface area contributed by atoms with Crippen molar-refractivity contribution in [3.63, 3.8) is 0 Å². The van der Waals surface area contributed by atoms with Gasteiger partial charge in [-0.1, -0.05) is 74.9 Å². The second-order valence-corrected chi connectivity index (χ2v) is 8.27. The molecule has 166 valence electrons. The lowest BCUT2D eigenvalue weighted by Crippen LogP contribution is -2.23. The van der Waals surface area contributed by atoms with E-state index in [1.807, 2.05) is 12.4 Å². The first-order valence-electron chi connectivity index (χ1n) is 11.5. The van der Waals surface area contributed by atoms with Crippen LogP contribution in [0.3, 0.4) is 0 Å². The van der Waals surface area contributed by atoms with E-state index in [-0.39, 0.29) is 6.04 Å². The number of pyridine rings is 1. The SMILES string of the molecule is C=C(CC)/C(=C/NCc1cnc(CCc2ccc(C)cc2)c(C)c1)C(N)/C=C\CCC. The van der Waals surface area contributed by atoms with Crippen LogP contribution in [0.15, 0.2) is 72.6 Å². The van der Waals surface area contributed by atoms with E-state index in [2.05, 4.69) is 82.1 Å². The molecule has 0 spiro atoms. The number of hydrogen-bond donors (Lipinski definition) is 2. The van der Waals surface area contributed by atoms with Crippen LogP contribution in [0.25, 0.3) is 0 Å². The molecule has 3 N–H and O–H groups in total. The molecule has 0 saturated heterocycles. The van der Waals surface area contributed by atoms with Crippen molar-refractivity contribution in [2.24, 2.45) is 5.73 Å². The highest BCUT2D eigenvalue weighted by molar-refractivity contribution is 5.35. The van der Waals surface area contributed by atoms with Crippen molar-refractivity contribution in [1.29, 1.82) is 0 Å². The number of nitrogens with zero attached hydrogens (tertiary/aromatic N) is 1. The molecule has 31 heavy (non-hydrogen) atoms. The Balaban J connectivity index is 1.97. The van der Waals surface area contributed by atoms with Crippen LogP contribution in [0, 0.1) is 13.8 Å². The van der Waals surface area contributed by atoms with Crippen LogP contribution in [-0.2, 0) is 19.4 Å². The molecule has 1 aromatic carbocycles. The maximum Gasteiger partial charge on any atom is 0.0498 e. The summed E-state index contributed by atoms with van der Waals surface area (Å²) < 4.78 is 0. The third kappa shape index (κ3) is 8.18. The molecule has 3 heteroatoms. The summed E-state index contributed by atoms with van der Waals surface area (Å²) in [7, 11) is 0. The van der Waals surface area contributed by atoms with Crippen molar-refractivity contribution in [1.82, 2.24) is 10.3 Å². The Morgan fingerprint density at radius 1 is 1.13 bits per heavy atom. The topological polar surface area (TPSA) is 50.9 Å². The predicted octanol–water partition coefficient (Wildman–Crippen LogP) is 6.11. The van der Waals surface area contributed by atoms with Gasteiger partial charge in [-0.3, -0.25) is 4.98 Å². The number of aromatic nitrogens is 1. The Labute approximate surface area is 189 Å². The summed E-state index contributed by atoms with van der Waals surface area (Å²) in [4.78, 5) is 4.73. The molecule has 0 radical (unpaired) electrons. The summed E-state index contributed by atoms with van der Waals surface area (Å²) in [6.45, 7) is 13.5. The first-order valence-corrected chi connectivity index (χ1v) is 11.5. The molecule has 1 aromatic heterocycles. The minimum atomic E-state index is -0.129. The monoisotopic (exact) mass is 417 g/mol. The van der Waals surface area contributed by atoms with Crippen LogP contribution in [0.2, 0.25) is 0 Å². The molecule has 2 rings (SSSR count). The fourth-order valence-corrected chi connectivity index (χ4v) is 3.47. The quantitative estimate of drug-likeness (QED) is 0.324. The van der Waals surface area contributed by atoms with Crippen LogP contribution in [0.1, 0.15) is 61.1 Å². The van der Waals surface area contributed by atoms with Crippen molar-refractivity contribution in [3.05, 3.63) is 101 Å². The fraction of sp³-hybridized carbons (Fsp3) is 0.393. The van der Waals surface area contributed by atoms with Gasteiger partial charge in [0.1, 0.15) is 0 Å². The molecule has 0 fully saturated rings. The summed E-state index contributed by atoms with van der Waals surface area (Å²) in [5.74, 6) is 0. The fourth-order valence-electron chi connectivity index (χ4n) is 3.47. The zero-order chi connectivity index (χ0) is 22.6. The van der Waals surface area contributed by atoms with E-state index in [0.717, 1.165) is 49.8 Å². The van der Waals surface area contributed by atoms with Gasteiger partial charge < -0.3 is 11.1 Å². The van der Waals surface area contributed by atoms with Crippen molar-refractivity contribution >= 4 is 0 Å². The van der Waals surface area contributed by atoms with Gasteiger partial charge in [-0.05, 0) is 67.4 Å². The van der Waals surface area contributed by atoms with E-state index in [1.165, 1.54) is 27.9 Å². The number of unbranched alkanes of at least 4 members (excludes halogenated alkanes) is 1. The van der Waals surface area contributed by atoms with Gasteiger partial charge in [0, 0.05) is 30.7 Å². The molecule has 0 amide bonds.